The van der Waals surface area contributed by atoms with Gasteiger partial charge >= 0.3 is 0 Å². The first-order valence-electron chi connectivity index (χ1n) is 14.1. The zero-order valence-electron chi connectivity index (χ0n) is 22.2. The number of allylic oxidation sites excluding steroid dienone is 1. The van der Waals surface area contributed by atoms with E-state index in [0.717, 1.165) is 36.9 Å². The Hall–Kier alpha value is -1.90. The average Bonchev–Trinajstić information content (AvgIpc) is 3.57. The van der Waals surface area contributed by atoms with Gasteiger partial charge in [-0.05, 0) is 87.3 Å². The van der Waals surface area contributed by atoms with Crippen molar-refractivity contribution in [1.82, 2.24) is 10.1 Å². The summed E-state index contributed by atoms with van der Waals surface area (Å²) in [6.07, 6.45) is 20.6. The molecule has 0 unspecified atom stereocenters. The highest BCUT2D eigenvalue weighted by atomic mass is 16.5. The molecule has 0 amide bonds. The second-order valence-corrected chi connectivity index (χ2v) is 11.0. The fraction of sp³-hybridized carbons (Fsp3) is 0.677. The first-order valence-corrected chi connectivity index (χ1v) is 14.1. The van der Waals surface area contributed by atoms with Crippen LogP contribution in [0.4, 0.5) is 0 Å². The van der Waals surface area contributed by atoms with E-state index in [4.69, 9.17) is 4.52 Å². The molecule has 2 aliphatic rings. The number of rotatable bonds is 13. The van der Waals surface area contributed by atoms with Crippen LogP contribution in [0.15, 0.2) is 34.9 Å². The predicted octanol–water partition coefficient (Wildman–Crippen LogP) is 8.95. The van der Waals surface area contributed by atoms with Gasteiger partial charge in [-0.3, -0.25) is 0 Å². The molecule has 1 fully saturated rings. The SMILES string of the molecule is C=C(C)CCCc1nc(C2CC2)no1.CCCCCCC[C@@H](C)Cc1ccc2c(c1)CCCC2. The van der Waals surface area contributed by atoms with E-state index in [2.05, 4.69) is 48.8 Å². The standard InChI is InChI=1S/C20H32.C11H16N2O/c1-3-4-5-6-7-10-17(2)15-18-13-14-19-11-8-9-12-20(19)16-18;1-8(2)4-3-5-10-12-11(13-14-10)9-6-7-9/h13-14,16-17H,3-12,15H2,1-2H3;9H,1,3-7H2,2H3/t17-;/m1./s1. The summed E-state index contributed by atoms with van der Waals surface area (Å²) in [6, 6.07) is 7.29. The molecule has 2 aliphatic carbocycles. The lowest BCUT2D eigenvalue weighted by molar-refractivity contribution is 0.370. The van der Waals surface area contributed by atoms with E-state index in [0.29, 0.717) is 5.92 Å². The lowest BCUT2D eigenvalue weighted by Crippen LogP contribution is -2.05. The van der Waals surface area contributed by atoms with Crippen LogP contribution in [-0.2, 0) is 25.7 Å². The molecule has 0 saturated heterocycles. The number of aromatic nitrogens is 2. The van der Waals surface area contributed by atoms with Gasteiger partial charge in [-0.1, -0.05) is 81.3 Å². The summed E-state index contributed by atoms with van der Waals surface area (Å²) in [5.41, 5.74) is 6.05. The van der Waals surface area contributed by atoms with Crippen molar-refractivity contribution in [2.45, 2.75) is 129 Å². The fourth-order valence-electron chi connectivity index (χ4n) is 4.93. The monoisotopic (exact) mass is 464 g/mol. The number of aryl methyl sites for hydroxylation is 3. The minimum atomic E-state index is 0.591. The Labute approximate surface area is 208 Å². The van der Waals surface area contributed by atoms with Crippen molar-refractivity contribution in [3.05, 3.63) is 58.8 Å². The Bertz CT molecular complexity index is 864. The second-order valence-electron chi connectivity index (χ2n) is 11.0. The van der Waals surface area contributed by atoms with Crippen LogP contribution in [0, 0.1) is 5.92 Å². The minimum Gasteiger partial charge on any atom is -0.339 e. The molecule has 0 radical (unpaired) electrons. The maximum atomic E-state index is 5.16. The predicted molar refractivity (Wildman–Crippen MR) is 143 cm³/mol. The van der Waals surface area contributed by atoms with Gasteiger partial charge in [0.1, 0.15) is 0 Å². The maximum Gasteiger partial charge on any atom is 0.226 e. The molecule has 1 aromatic carbocycles. The highest BCUT2D eigenvalue weighted by molar-refractivity contribution is 5.34. The van der Waals surface area contributed by atoms with Gasteiger partial charge in [-0.15, -0.1) is 6.58 Å². The molecule has 3 nitrogen and oxygen atoms in total. The van der Waals surface area contributed by atoms with Crippen LogP contribution in [0.1, 0.15) is 132 Å². The van der Waals surface area contributed by atoms with Gasteiger partial charge in [0.2, 0.25) is 5.89 Å². The highest BCUT2D eigenvalue weighted by Gasteiger charge is 2.28. The topological polar surface area (TPSA) is 38.9 Å². The molecule has 0 aliphatic heterocycles. The molecular formula is C31H48N2O. The third kappa shape index (κ3) is 9.76. The van der Waals surface area contributed by atoms with Crippen LogP contribution in [0.2, 0.25) is 0 Å². The molecule has 0 bridgehead atoms. The molecule has 34 heavy (non-hydrogen) atoms. The molecule has 3 heteroatoms. The number of unbranched alkanes of at least 4 members (excludes halogenated alkanes) is 4. The highest BCUT2D eigenvalue weighted by Crippen LogP contribution is 2.38. The van der Waals surface area contributed by atoms with Gasteiger partial charge < -0.3 is 4.52 Å². The van der Waals surface area contributed by atoms with Crippen LogP contribution in [0.25, 0.3) is 0 Å². The second kappa shape index (κ2) is 14.5. The first-order chi connectivity index (χ1) is 16.5. The molecule has 4 rings (SSSR count). The third-order valence-corrected chi connectivity index (χ3v) is 7.22. The lowest BCUT2D eigenvalue weighted by atomic mass is 9.88. The van der Waals surface area contributed by atoms with Crippen LogP contribution >= 0.6 is 0 Å². The Morgan fingerprint density at radius 2 is 1.82 bits per heavy atom. The molecule has 1 saturated carbocycles. The van der Waals surface area contributed by atoms with Crippen molar-refractivity contribution >= 4 is 0 Å². The first kappa shape index (κ1) is 26.7. The molecule has 1 aromatic heterocycles. The van der Waals surface area contributed by atoms with Crippen molar-refractivity contribution in [3.8, 4) is 0 Å². The van der Waals surface area contributed by atoms with Gasteiger partial charge in [-0.2, -0.15) is 4.98 Å². The number of hydrogen-bond donors (Lipinski definition) is 0. The van der Waals surface area contributed by atoms with Gasteiger partial charge in [0.15, 0.2) is 5.82 Å². The maximum absolute atomic E-state index is 5.16. The summed E-state index contributed by atoms with van der Waals surface area (Å²) in [7, 11) is 0. The van der Waals surface area contributed by atoms with E-state index in [1.54, 1.807) is 16.7 Å². The summed E-state index contributed by atoms with van der Waals surface area (Å²) in [6.45, 7) is 10.6. The average molecular weight is 465 g/mol. The Balaban J connectivity index is 0.000000202. The van der Waals surface area contributed by atoms with Crippen molar-refractivity contribution in [3.63, 3.8) is 0 Å². The largest absolute Gasteiger partial charge is 0.339 e. The van der Waals surface area contributed by atoms with Gasteiger partial charge in [0, 0.05) is 12.3 Å². The van der Waals surface area contributed by atoms with E-state index >= 15 is 0 Å². The molecule has 1 atom stereocenters. The molecule has 2 aromatic rings. The van der Waals surface area contributed by atoms with Crippen molar-refractivity contribution < 1.29 is 4.52 Å². The van der Waals surface area contributed by atoms with Gasteiger partial charge in [0.05, 0.1) is 0 Å². The van der Waals surface area contributed by atoms with Gasteiger partial charge in [0.25, 0.3) is 0 Å². The van der Waals surface area contributed by atoms with E-state index in [-0.39, 0.29) is 0 Å². The van der Waals surface area contributed by atoms with Crippen LogP contribution < -0.4 is 0 Å². The van der Waals surface area contributed by atoms with Crippen LogP contribution in [0.5, 0.6) is 0 Å². The summed E-state index contributed by atoms with van der Waals surface area (Å²) < 4.78 is 5.16. The number of benzene rings is 1. The molecule has 0 N–H and O–H groups in total. The molecular weight excluding hydrogens is 416 g/mol. The molecule has 1 heterocycles. The van der Waals surface area contributed by atoms with Gasteiger partial charge in [-0.25, -0.2) is 0 Å². The number of nitrogens with zero attached hydrogens (tertiary/aromatic N) is 2. The Morgan fingerprint density at radius 3 is 2.56 bits per heavy atom. The third-order valence-electron chi connectivity index (χ3n) is 7.22. The zero-order valence-corrected chi connectivity index (χ0v) is 22.2. The summed E-state index contributed by atoms with van der Waals surface area (Å²) in [5.74, 6) is 3.13. The fourth-order valence-corrected chi connectivity index (χ4v) is 4.93. The van der Waals surface area contributed by atoms with Crippen LogP contribution in [-0.4, -0.2) is 10.1 Å². The number of fused-ring (bicyclic) bond motifs is 1. The number of hydrogen-bond acceptors (Lipinski definition) is 3. The summed E-state index contributed by atoms with van der Waals surface area (Å²) in [5, 5.41) is 3.97. The Kier molecular flexibility index (Phi) is 11.4. The smallest absolute Gasteiger partial charge is 0.226 e. The molecule has 188 valence electrons. The normalized spacial score (nSPS) is 15.9. The summed E-state index contributed by atoms with van der Waals surface area (Å²) >= 11 is 0. The van der Waals surface area contributed by atoms with E-state index in [9.17, 15) is 0 Å². The van der Waals surface area contributed by atoms with Crippen LogP contribution in [0.3, 0.4) is 0 Å². The van der Waals surface area contributed by atoms with E-state index in [1.807, 2.05) is 6.92 Å². The Morgan fingerprint density at radius 1 is 1.06 bits per heavy atom. The summed E-state index contributed by atoms with van der Waals surface area (Å²) in [4.78, 5) is 4.36. The van der Waals surface area contributed by atoms with E-state index < -0.39 is 0 Å². The van der Waals surface area contributed by atoms with E-state index in [1.165, 1.54) is 89.0 Å². The van der Waals surface area contributed by atoms with Crippen molar-refractivity contribution in [1.29, 1.82) is 0 Å². The lowest BCUT2D eigenvalue weighted by Gasteiger charge is -2.18. The minimum absolute atomic E-state index is 0.591. The quantitative estimate of drug-likeness (QED) is 0.219. The molecule has 0 spiro atoms. The zero-order chi connectivity index (χ0) is 24.2. The van der Waals surface area contributed by atoms with Crippen molar-refractivity contribution in [2.24, 2.45) is 5.92 Å². The van der Waals surface area contributed by atoms with Crippen molar-refractivity contribution in [2.75, 3.05) is 0 Å².